The number of carbonyl (C=O) groups is 1. The molecule has 5 heteroatoms. The van der Waals surface area contributed by atoms with E-state index in [0.717, 1.165) is 5.56 Å². The third-order valence-corrected chi connectivity index (χ3v) is 4.14. The van der Waals surface area contributed by atoms with Crippen molar-refractivity contribution in [1.82, 2.24) is 9.88 Å². The second-order valence-electron chi connectivity index (χ2n) is 6.08. The van der Waals surface area contributed by atoms with Gasteiger partial charge in [0.15, 0.2) is 5.76 Å². The zero-order valence-corrected chi connectivity index (χ0v) is 14.8. The maximum Gasteiger partial charge on any atom is 0.254 e. The minimum Gasteiger partial charge on any atom is -0.436 e. The zero-order valence-electron chi connectivity index (χ0n) is 14.8. The predicted octanol–water partition coefficient (Wildman–Crippen LogP) is 4.30. The molecule has 3 rings (SSSR count). The van der Waals surface area contributed by atoms with Gasteiger partial charge in [-0.2, -0.15) is 5.26 Å². The summed E-state index contributed by atoms with van der Waals surface area (Å²) in [5.41, 5.74) is 3.25. The molecule has 0 saturated carbocycles. The number of oxazole rings is 1. The van der Waals surface area contributed by atoms with Crippen molar-refractivity contribution >= 4 is 5.91 Å². The van der Waals surface area contributed by atoms with Crippen LogP contribution in [0.15, 0.2) is 59.1 Å². The van der Waals surface area contributed by atoms with Gasteiger partial charge in [0, 0.05) is 24.7 Å². The number of rotatable bonds is 5. The zero-order chi connectivity index (χ0) is 18.5. The summed E-state index contributed by atoms with van der Waals surface area (Å²) >= 11 is 0. The minimum absolute atomic E-state index is 0.161. The molecule has 5 nitrogen and oxygen atoms in total. The molecule has 0 spiro atoms. The van der Waals surface area contributed by atoms with E-state index in [0.29, 0.717) is 35.7 Å². The Bertz CT molecular complexity index is 952. The Morgan fingerprint density at radius 2 is 1.92 bits per heavy atom. The molecule has 1 heterocycles. The Labute approximate surface area is 152 Å². The lowest BCUT2D eigenvalue weighted by Crippen LogP contribution is -2.28. The van der Waals surface area contributed by atoms with E-state index in [1.807, 2.05) is 43.3 Å². The molecule has 130 valence electrons. The standard InChI is InChI=1S/C21H19N3O2/c1-15-8-10-16(11-9-15)19-14-23-20(26-19)17-6-3-4-7-18(17)21(25)24(2)13-5-12-22/h3-4,6-11,14H,5,13H2,1-2H3. The van der Waals surface area contributed by atoms with Crippen LogP contribution in [0.5, 0.6) is 0 Å². The smallest absolute Gasteiger partial charge is 0.254 e. The van der Waals surface area contributed by atoms with Crippen molar-refractivity contribution in [3.05, 3.63) is 65.9 Å². The van der Waals surface area contributed by atoms with Crippen molar-refractivity contribution in [3.63, 3.8) is 0 Å². The van der Waals surface area contributed by atoms with E-state index in [4.69, 9.17) is 9.68 Å². The third kappa shape index (κ3) is 3.65. The van der Waals surface area contributed by atoms with Crippen LogP contribution < -0.4 is 0 Å². The van der Waals surface area contributed by atoms with Crippen LogP contribution in [0.1, 0.15) is 22.3 Å². The molecular formula is C21H19N3O2. The van der Waals surface area contributed by atoms with Gasteiger partial charge in [0.2, 0.25) is 5.89 Å². The summed E-state index contributed by atoms with van der Waals surface area (Å²) in [4.78, 5) is 18.6. The lowest BCUT2D eigenvalue weighted by Gasteiger charge is -2.16. The second-order valence-corrected chi connectivity index (χ2v) is 6.08. The fourth-order valence-electron chi connectivity index (χ4n) is 2.63. The molecule has 0 unspecified atom stereocenters. The van der Waals surface area contributed by atoms with Crippen LogP contribution in [-0.2, 0) is 0 Å². The summed E-state index contributed by atoms with van der Waals surface area (Å²) in [7, 11) is 1.68. The molecule has 0 atom stereocenters. The van der Waals surface area contributed by atoms with Gasteiger partial charge in [-0.1, -0.05) is 42.0 Å². The number of aromatic nitrogens is 1. The first-order valence-electron chi connectivity index (χ1n) is 8.35. The lowest BCUT2D eigenvalue weighted by molar-refractivity contribution is 0.0798. The topological polar surface area (TPSA) is 70.1 Å². The van der Waals surface area contributed by atoms with Crippen LogP contribution >= 0.6 is 0 Å². The average molecular weight is 345 g/mol. The molecule has 0 saturated heterocycles. The quantitative estimate of drug-likeness (QED) is 0.691. The number of amides is 1. The summed E-state index contributed by atoms with van der Waals surface area (Å²) in [6, 6.07) is 17.2. The first-order valence-corrected chi connectivity index (χ1v) is 8.35. The second kappa shape index (κ2) is 7.66. The fraction of sp³-hybridized carbons (Fsp3) is 0.190. The van der Waals surface area contributed by atoms with Crippen LogP contribution in [0.4, 0.5) is 0 Å². The van der Waals surface area contributed by atoms with Gasteiger partial charge in [0.25, 0.3) is 5.91 Å². The van der Waals surface area contributed by atoms with Gasteiger partial charge >= 0.3 is 0 Å². The van der Waals surface area contributed by atoms with Gasteiger partial charge < -0.3 is 9.32 Å². The predicted molar refractivity (Wildman–Crippen MR) is 99.3 cm³/mol. The Morgan fingerprint density at radius 3 is 2.65 bits per heavy atom. The van der Waals surface area contributed by atoms with E-state index in [1.54, 1.807) is 25.4 Å². The number of aryl methyl sites for hydroxylation is 1. The fourth-order valence-corrected chi connectivity index (χ4v) is 2.63. The highest BCUT2D eigenvalue weighted by molar-refractivity contribution is 5.99. The van der Waals surface area contributed by atoms with Crippen molar-refractivity contribution in [3.8, 4) is 28.8 Å². The summed E-state index contributed by atoms with van der Waals surface area (Å²) in [5, 5.41) is 8.72. The maximum absolute atomic E-state index is 12.7. The molecular weight excluding hydrogens is 326 g/mol. The number of nitrogens with zero attached hydrogens (tertiary/aromatic N) is 3. The molecule has 0 aliphatic heterocycles. The number of benzene rings is 2. The van der Waals surface area contributed by atoms with Gasteiger partial charge in [-0.15, -0.1) is 0 Å². The normalized spacial score (nSPS) is 10.3. The Balaban J connectivity index is 1.92. The minimum atomic E-state index is -0.161. The maximum atomic E-state index is 12.7. The van der Waals surface area contributed by atoms with Crippen molar-refractivity contribution in [2.24, 2.45) is 0 Å². The number of hydrogen-bond acceptors (Lipinski definition) is 4. The van der Waals surface area contributed by atoms with Crippen molar-refractivity contribution in [2.45, 2.75) is 13.3 Å². The van der Waals surface area contributed by atoms with Crippen LogP contribution in [0.25, 0.3) is 22.8 Å². The van der Waals surface area contributed by atoms with Gasteiger partial charge in [0.1, 0.15) is 0 Å². The summed E-state index contributed by atoms with van der Waals surface area (Å²) < 4.78 is 5.91. The molecule has 3 aromatic rings. The largest absolute Gasteiger partial charge is 0.436 e. The van der Waals surface area contributed by atoms with E-state index in [9.17, 15) is 4.79 Å². The molecule has 0 bridgehead atoms. The molecule has 26 heavy (non-hydrogen) atoms. The summed E-state index contributed by atoms with van der Waals surface area (Å²) in [6.45, 7) is 2.41. The number of hydrogen-bond donors (Lipinski definition) is 0. The summed E-state index contributed by atoms with van der Waals surface area (Å²) in [6.07, 6.45) is 1.96. The number of carbonyl (C=O) groups excluding carboxylic acids is 1. The highest BCUT2D eigenvalue weighted by Crippen LogP contribution is 2.28. The molecule has 0 N–H and O–H groups in total. The van der Waals surface area contributed by atoms with Gasteiger partial charge in [-0.05, 0) is 19.1 Å². The van der Waals surface area contributed by atoms with Crippen molar-refractivity contribution in [2.75, 3.05) is 13.6 Å². The molecule has 0 radical (unpaired) electrons. The monoisotopic (exact) mass is 345 g/mol. The lowest BCUT2D eigenvalue weighted by atomic mass is 10.1. The van der Waals surface area contributed by atoms with Crippen LogP contribution in [0.2, 0.25) is 0 Å². The van der Waals surface area contributed by atoms with Crippen molar-refractivity contribution in [1.29, 1.82) is 5.26 Å². The van der Waals surface area contributed by atoms with E-state index >= 15 is 0 Å². The average Bonchev–Trinajstić information content (AvgIpc) is 3.16. The molecule has 1 amide bonds. The Kier molecular flexibility index (Phi) is 5.14. The van der Waals surface area contributed by atoms with E-state index < -0.39 is 0 Å². The van der Waals surface area contributed by atoms with Gasteiger partial charge in [-0.25, -0.2) is 4.98 Å². The van der Waals surface area contributed by atoms with Crippen LogP contribution in [-0.4, -0.2) is 29.4 Å². The van der Waals surface area contributed by atoms with Crippen molar-refractivity contribution < 1.29 is 9.21 Å². The Morgan fingerprint density at radius 1 is 1.19 bits per heavy atom. The molecule has 2 aromatic carbocycles. The van der Waals surface area contributed by atoms with E-state index in [2.05, 4.69) is 11.1 Å². The van der Waals surface area contributed by atoms with Crippen LogP contribution in [0.3, 0.4) is 0 Å². The van der Waals surface area contributed by atoms with Gasteiger partial charge in [0.05, 0.1) is 24.3 Å². The van der Waals surface area contributed by atoms with E-state index in [1.165, 1.54) is 10.5 Å². The molecule has 0 fully saturated rings. The first kappa shape index (κ1) is 17.4. The number of nitriles is 1. The Hall–Kier alpha value is -3.39. The van der Waals surface area contributed by atoms with E-state index in [-0.39, 0.29) is 5.91 Å². The van der Waals surface area contributed by atoms with Gasteiger partial charge in [-0.3, -0.25) is 4.79 Å². The molecule has 1 aromatic heterocycles. The molecule has 0 aliphatic carbocycles. The van der Waals surface area contributed by atoms with Crippen LogP contribution in [0, 0.1) is 18.3 Å². The first-order chi connectivity index (χ1) is 12.6. The highest BCUT2D eigenvalue weighted by Gasteiger charge is 2.19. The highest BCUT2D eigenvalue weighted by atomic mass is 16.4. The summed E-state index contributed by atoms with van der Waals surface area (Å²) in [5.74, 6) is 0.893. The SMILES string of the molecule is Cc1ccc(-c2cnc(-c3ccccc3C(=O)N(C)CCC#N)o2)cc1. The molecule has 0 aliphatic rings. The third-order valence-electron chi connectivity index (χ3n) is 4.14.